The molecule has 2 aromatic heterocycles. The van der Waals surface area contributed by atoms with E-state index in [4.69, 9.17) is 5.11 Å². The average molecular weight is 443 g/mol. The summed E-state index contributed by atoms with van der Waals surface area (Å²) in [6, 6.07) is 11.5. The van der Waals surface area contributed by atoms with E-state index in [0.29, 0.717) is 23.2 Å². The van der Waals surface area contributed by atoms with Gasteiger partial charge in [-0.25, -0.2) is 13.4 Å². The maximum atomic E-state index is 11.8. The summed E-state index contributed by atoms with van der Waals surface area (Å²) in [6.07, 6.45) is 8.28. The van der Waals surface area contributed by atoms with Crippen molar-refractivity contribution < 1.29 is 18.6 Å². The molecule has 1 aromatic carbocycles. The van der Waals surface area contributed by atoms with E-state index in [2.05, 4.69) is 16.0 Å². The minimum Gasteiger partial charge on any atom is -0.394 e. The second-order valence-electron chi connectivity index (χ2n) is 8.81. The number of aliphatic hydroxyl groups excluding tert-OH is 2. The highest BCUT2D eigenvalue weighted by Crippen LogP contribution is 2.39. The number of pyridine rings is 1. The fourth-order valence-corrected chi connectivity index (χ4v) is 5.42. The Morgan fingerprint density at radius 2 is 1.84 bits per heavy atom. The van der Waals surface area contributed by atoms with E-state index >= 15 is 0 Å². The molecule has 1 aliphatic carbocycles. The minimum atomic E-state index is -3.20. The van der Waals surface area contributed by atoms with Crippen LogP contribution >= 0.6 is 0 Å². The number of aromatic amines is 1. The second kappa shape index (κ2) is 9.10. The van der Waals surface area contributed by atoms with Gasteiger partial charge >= 0.3 is 0 Å². The quantitative estimate of drug-likeness (QED) is 0.496. The van der Waals surface area contributed by atoms with Crippen molar-refractivity contribution in [3.63, 3.8) is 0 Å². The van der Waals surface area contributed by atoms with Gasteiger partial charge < -0.3 is 15.2 Å². The SMILES string of the molecule is CS(=O)(=O)c1ccc(C(Cc2cc3cc(CC(O)CO)cnc3[nH]2)C2CCCC2)cc1. The number of hydrogen-bond donors (Lipinski definition) is 3. The van der Waals surface area contributed by atoms with E-state index in [0.717, 1.165) is 28.7 Å². The Balaban J connectivity index is 1.60. The van der Waals surface area contributed by atoms with Gasteiger partial charge in [-0.2, -0.15) is 0 Å². The third-order valence-electron chi connectivity index (χ3n) is 6.41. The fourth-order valence-electron chi connectivity index (χ4n) is 4.79. The van der Waals surface area contributed by atoms with Crippen molar-refractivity contribution in [3.05, 3.63) is 59.4 Å². The van der Waals surface area contributed by atoms with Gasteiger partial charge in [-0.05, 0) is 66.5 Å². The largest absolute Gasteiger partial charge is 0.394 e. The molecule has 3 aromatic rings. The lowest BCUT2D eigenvalue weighted by molar-refractivity contribution is 0.0955. The molecule has 166 valence electrons. The van der Waals surface area contributed by atoms with Crippen LogP contribution in [0.4, 0.5) is 0 Å². The zero-order valence-electron chi connectivity index (χ0n) is 17.8. The van der Waals surface area contributed by atoms with Gasteiger partial charge in [0.15, 0.2) is 9.84 Å². The van der Waals surface area contributed by atoms with E-state index in [-0.39, 0.29) is 6.61 Å². The van der Waals surface area contributed by atoms with Gasteiger partial charge in [-0.15, -0.1) is 0 Å². The van der Waals surface area contributed by atoms with Crippen molar-refractivity contribution in [1.82, 2.24) is 9.97 Å². The molecule has 0 saturated heterocycles. The summed E-state index contributed by atoms with van der Waals surface area (Å²) < 4.78 is 23.7. The molecular formula is C24H30N2O4S. The van der Waals surface area contributed by atoms with E-state index < -0.39 is 15.9 Å². The van der Waals surface area contributed by atoms with E-state index in [1.807, 2.05) is 18.2 Å². The normalized spacial score (nSPS) is 17.3. The highest BCUT2D eigenvalue weighted by molar-refractivity contribution is 7.90. The van der Waals surface area contributed by atoms with Gasteiger partial charge in [0.05, 0.1) is 17.6 Å². The molecule has 0 amide bonds. The molecule has 2 unspecified atom stereocenters. The van der Waals surface area contributed by atoms with Crippen LogP contribution in [0.3, 0.4) is 0 Å². The second-order valence-corrected chi connectivity index (χ2v) is 10.8. The molecule has 2 atom stereocenters. The molecule has 0 radical (unpaired) electrons. The summed E-state index contributed by atoms with van der Waals surface area (Å²) in [5.74, 6) is 0.901. The molecule has 31 heavy (non-hydrogen) atoms. The lowest BCUT2D eigenvalue weighted by Crippen LogP contribution is -2.15. The number of nitrogens with one attached hydrogen (secondary N) is 1. The molecule has 0 aliphatic heterocycles. The topological polar surface area (TPSA) is 103 Å². The van der Waals surface area contributed by atoms with Gasteiger partial charge in [0, 0.05) is 30.0 Å². The van der Waals surface area contributed by atoms with Gasteiger partial charge in [-0.3, -0.25) is 0 Å². The van der Waals surface area contributed by atoms with Crippen LogP contribution in [0.2, 0.25) is 0 Å². The van der Waals surface area contributed by atoms with Crippen LogP contribution in [0.15, 0.2) is 47.5 Å². The molecule has 6 nitrogen and oxygen atoms in total. The lowest BCUT2D eigenvalue weighted by atomic mass is 9.82. The summed E-state index contributed by atoms with van der Waals surface area (Å²) in [5, 5.41) is 19.8. The maximum absolute atomic E-state index is 11.8. The number of rotatable bonds is 8. The monoisotopic (exact) mass is 442 g/mol. The molecule has 1 saturated carbocycles. The van der Waals surface area contributed by atoms with Gasteiger partial charge in [-0.1, -0.05) is 25.0 Å². The van der Waals surface area contributed by atoms with Gasteiger partial charge in [0.1, 0.15) is 5.65 Å². The number of H-pyrrole nitrogens is 1. The van der Waals surface area contributed by atoms with Crippen molar-refractivity contribution in [1.29, 1.82) is 0 Å². The van der Waals surface area contributed by atoms with Crippen LogP contribution in [0.25, 0.3) is 11.0 Å². The smallest absolute Gasteiger partial charge is 0.175 e. The molecule has 1 aliphatic rings. The van der Waals surface area contributed by atoms with Crippen LogP contribution in [0.5, 0.6) is 0 Å². The molecule has 2 heterocycles. The van der Waals surface area contributed by atoms with Crippen molar-refractivity contribution in [2.45, 2.75) is 55.4 Å². The van der Waals surface area contributed by atoms with E-state index in [1.54, 1.807) is 18.3 Å². The lowest BCUT2D eigenvalue weighted by Gasteiger charge is -2.24. The number of aliphatic hydroxyl groups is 2. The number of benzene rings is 1. The minimum absolute atomic E-state index is 0.266. The molecule has 0 spiro atoms. The number of aromatic nitrogens is 2. The van der Waals surface area contributed by atoms with Gasteiger partial charge in [0.2, 0.25) is 0 Å². The Morgan fingerprint density at radius 3 is 2.48 bits per heavy atom. The Morgan fingerprint density at radius 1 is 1.13 bits per heavy atom. The average Bonchev–Trinajstić information content (AvgIpc) is 3.40. The number of hydrogen-bond acceptors (Lipinski definition) is 5. The maximum Gasteiger partial charge on any atom is 0.175 e. The Bertz CT molecular complexity index is 1130. The third kappa shape index (κ3) is 5.17. The van der Waals surface area contributed by atoms with Crippen LogP contribution in [0, 0.1) is 5.92 Å². The molecule has 3 N–H and O–H groups in total. The van der Waals surface area contributed by atoms with Crippen molar-refractivity contribution in [2.24, 2.45) is 5.92 Å². The van der Waals surface area contributed by atoms with Crippen LogP contribution in [0.1, 0.15) is 48.4 Å². The van der Waals surface area contributed by atoms with Crippen LogP contribution < -0.4 is 0 Å². The van der Waals surface area contributed by atoms with Crippen LogP contribution in [-0.4, -0.2) is 47.6 Å². The first-order valence-electron chi connectivity index (χ1n) is 10.9. The first-order valence-corrected chi connectivity index (χ1v) is 12.8. The number of fused-ring (bicyclic) bond motifs is 1. The van der Waals surface area contributed by atoms with Crippen molar-refractivity contribution in [2.75, 3.05) is 12.9 Å². The number of sulfone groups is 1. The third-order valence-corrected chi connectivity index (χ3v) is 7.54. The van der Waals surface area contributed by atoms with Crippen LogP contribution in [-0.2, 0) is 22.7 Å². The highest BCUT2D eigenvalue weighted by atomic mass is 32.2. The summed E-state index contributed by atoms with van der Waals surface area (Å²) in [6.45, 7) is -0.266. The van der Waals surface area contributed by atoms with E-state index in [1.165, 1.54) is 37.5 Å². The summed E-state index contributed by atoms with van der Waals surface area (Å²) in [5.41, 5.74) is 3.99. The summed E-state index contributed by atoms with van der Waals surface area (Å²) in [7, 11) is -3.20. The fraction of sp³-hybridized carbons (Fsp3) is 0.458. The predicted molar refractivity (Wildman–Crippen MR) is 121 cm³/mol. The standard InChI is InChI=1S/C24H30N2O4S/c1-31(29,30)22-8-6-18(7-9-22)23(17-4-2-3-5-17)13-20-12-19-10-16(11-21(28)15-27)14-25-24(19)26-20/h6-10,12,14,17,21,23,27-28H,2-5,11,13,15H2,1H3,(H,25,26). The molecule has 1 fully saturated rings. The number of nitrogens with zero attached hydrogens (tertiary/aromatic N) is 1. The molecule has 7 heteroatoms. The summed E-state index contributed by atoms with van der Waals surface area (Å²) in [4.78, 5) is 8.28. The van der Waals surface area contributed by atoms with Crippen molar-refractivity contribution in [3.8, 4) is 0 Å². The molecule has 4 rings (SSSR count). The summed E-state index contributed by atoms with van der Waals surface area (Å²) >= 11 is 0. The molecule has 0 bridgehead atoms. The first kappa shape index (κ1) is 22.0. The Hall–Kier alpha value is -2.22. The zero-order valence-corrected chi connectivity index (χ0v) is 18.6. The van der Waals surface area contributed by atoms with E-state index in [9.17, 15) is 13.5 Å². The first-order chi connectivity index (χ1) is 14.8. The predicted octanol–water partition coefficient (Wildman–Crippen LogP) is 3.38. The molecular weight excluding hydrogens is 412 g/mol. The highest BCUT2D eigenvalue weighted by Gasteiger charge is 2.27. The zero-order chi connectivity index (χ0) is 22.0. The Kier molecular flexibility index (Phi) is 6.46. The Labute approximate surface area is 183 Å². The van der Waals surface area contributed by atoms with Crippen molar-refractivity contribution >= 4 is 20.9 Å². The van der Waals surface area contributed by atoms with Gasteiger partial charge in [0.25, 0.3) is 0 Å².